The first-order chi connectivity index (χ1) is 9.80. The fourth-order valence-corrected chi connectivity index (χ4v) is 1.80. The van der Waals surface area contributed by atoms with Gasteiger partial charge in [-0.3, -0.25) is 0 Å². The lowest BCUT2D eigenvalue weighted by molar-refractivity contribution is -0.127. The number of hydrogen-bond acceptors (Lipinski definition) is 2. The van der Waals surface area contributed by atoms with Crippen LogP contribution in [-0.4, -0.2) is 30.0 Å². The summed E-state index contributed by atoms with van der Waals surface area (Å²) in [6.07, 6.45) is -3.99. The summed E-state index contributed by atoms with van der Waals surface area (Å²) in [6.45, 7) is 1.87. The number of urea groups is 1. The van der Waals surface area contributed by atoms with E-state index in [1.165, 1.54) is 24.3 Å². The lowest BCUT2D eigenvalue weighted by Gasteiger charge is -2.14. The molecule has 1 aromatic carbocycles. The highest BCUT2D eigenvalue weighted by molar-refractivity contribution is 5.89. The summed E-state index contributed by atoms with van der Waals surface area (Å²) in [6, 6.07) is 5.00. The van der Waals surface area contributed by atoms with Gasteiger partial charge in [-0.25, -0.2) is 4.79 Å². The average Bonchev–Trinajstić information content (AvgIpc) is 2.37. The van der Waals surface area contributed by atoms with Gasteiger partial charge in [0.05, 0.1) is 6.42 Å². The van der Waals surface area contributed by atoms with Crippen molar-refractivity contribution in [3.8, 4) is 0 Å². The van der Waals surface area contributed by atoms with Crippen molar-refractivity contribution < 1.29 is 23.1 Å². The molecule has 21 heavy (non-hydrogen) atoms. The number of aliphatic hydroxyl groups excluding tert-OH is 1. The van der Waals surface area contributed by atoms with E-state index >= 15 is 0 Å². The molecular formula is C14H19F3N2O2. The number of carbonyl (C=O) groups is 1. The van der Waals surface area contributed by atoms with E-state index in [2.05, 4.69) is 10.6 Å². The molecule has 2 amide bonds. The SMILES string of the molecule is CC(CCCO)NC(=O)Nc1ccc(CC(F)(F)F)cc1. The van der Waals surface area contributed by atoms with Gasteiger partial charge < -0.3 is 15.7 Å². The van der Waals surface area contributed by atoms with E-state index in [1.807, 2.05) is 6.92 Å². The Balaban J connectivity index is 2.46. The molecular weight excluding hydrogens is 285 g/mol. The molecule has 0 aliphatic rings. The lowest BCUT2D eigenvalue weighted by atomic mass is 10.1. The number of alkyl halides is 3. The van der Waals surface area contributed by atoms with Crippen LogP contribution in [0.5, 0.6) is 0 Å². The van der Waals surface area contributed by atoms with E-state index in [0.717, 1.165) is 0 Å². The number of benzene rings is 1. The Labute approximate surface area is 121 Å². The number of anilines is 1. The van der Waals surface area contributed by atoms with Gasteiger partial charge in [0.15, 0.2) is 0 Å². The van der Waals surface area contributed by atoms with Gasteiger partial charge >= 0.3 is 12.2 Å². The molecule has 1 unspecified atom stereocenters. The van der Waals surface area contributed by atoms with Crippen molar-refractivity contribution in [2.45, 2.75) is 38.4 Å². The van der Waals surface area contributed by atoms with Crippen LogP contribution in [0.4, 0.5) is 23.7 Å². The van der Waals surface area contributed by atoms with Crippen molar-refractivity contribution in [2.75, 3.05) is 11.9 Å². The van der Waals surface area contributed by atoms with Gasteiger partial charge in [-0.1, -0.05) is 12.1 Å². The minimum absolute atomic E-state index is 0.0638. The van der Waals surface area contributed by atoms with Crippen LogP contribution >= 0.6 is 0 Å². The largest absolute Gasteiger partial charge is 0.396 e. The first-order valence-electron chi connectivity index (χ1n) is 6.64. The summed E-state index contributed by atoms with van der Waals surface area (Å²) < 4.78 is 36.6. The Morgan fingerprint density at radius 2 is 1.90 bits per heavy atom. The smallest absolute Gasteiger partial charge is 0.393 e. The predicted octanol–water partition coefficient (Wildman–Crippen LogP) is 3.07. The molecule has 0 radical (unpaired) electrons. The normalized spacial score (nSPS) is 12.8. The monoisotopic (exact) mass is 304 g/mol. The molecule has 0 aliphatic heterocycles. The maximum absolute atomic E-state index is 12.2. The fraction of sp³-hybridized carbons (Fsp3) is 0.500. The van der Waals surface area contributed by atoms with E-state index in [0.29, 0.717) is 18.5 Å². The van der Waals surface area contributed by atoms with Crippen molar-refractivity contribution in [3.63, 3.8) is 0 Å². The number of amides is 2. The van der Waals surface area contributed by atoms with Crippen molar-refractivity contribution in [3.05, 3.63) is 29.8 Å². The predicted molar refractivity (Wildman–Crippen MR) is 74.1 cm³/mol. The quantitative estimate of drug-likeness (QED) is 0.756. The molecule has 0 aliphatic carbocycles. The summed E-state index contributed by atoms with van der Waals surface area (Å²) >= 11 is 0. The van der Waals surface area contributed by atoms with Crippen LogP contribution in [0.3, 0.4) is 0 Å². The Bertz CT molecular complexity index is 447. The third-order valence-corrected chi connectivity index (χ3v) is 2.79. The molecule has 0 heterocycles. The van der Waals surface area contributed by atoms with Crippen molar-refractivity contribution in [1.82, 2.24) is 5.32 Å². The summed E-state index contributed by atoms with van der Waals surface area (Å²) in [5.41, 5.74) is 0.567. The van der Waals surface area contributed by atoms with E-state index in [9.17, 15) is 18.0 Å². The first-order valence-corrected chi connectivity index (χ1v) is 6.64. The van der Waals surface area contributed by atoms with Gasteiger partial charge in [0.2, 0.25) is 0 Å². The Kier molecular flexibility index (Phi) is 6.48. The second-order valence-electron chi connectivity index (χ2n) is 4.85. The van der Waals surface area contributed by atoms with Crippen LogP contribution in [0.25, 0.3) is 0 Å². The van der Waals surface area contributed by atoms with Crippen LogP contribution in [0.2, 0.25) is 0 Å². The molecule has 0 fully saturated rings. The van der Waals surface area contributed by atoms with Crippen LogP contribution in [-0.2, 0) is 6.42 Å². The second-order valence-corrected chi connectivity index (χ2v) is 4.85. The van der Waals surface area contributed by atoms with Crippen LogP contribution < -0.4 is 10.6 Å². The van der Waals surface area contributed by atoms with Crippen LogP contribution in [0, 0.1) is 0 Å². The Morgan fingerprint density at radius 1 is 1.29 bits per heavy atom. The van der Waals surface area contributed by atoms with Crippen molar-refractivity contribution >= 4 is 11.7 Å². The number of halogens is 3. The minimum Gasteiger partial charge on any atom is -0.396 e. The molecule has 1 aromatic rings. The molecule has 1 rings (SSSR count). The minimum atomic E-state index is -4.24. The third-order valence-electron chi connectivity index (χ3n) is 2.79. The fourth-order valence-electron chi connectivity index (χ4n) is 1.80. The van der Waals surface area contributed by atoms with E-state index < -0.39 is 18.6 Å². The summed E-state index contributed by atoms with van der Waals surface area (Å²) in [7, 11) is 0. The Hall–Kier alpha value is -1.76. The Morgan fingerprint density at radius 3 is 2.43 bits per heavy atom. The number of hydrogen-bond donors (Lipinski definition) is 3. The maximum atomic E-state index is 12.2. The van der Waals surface area contributed by atoms with Gasteiger partial charge in [-0.2, -0.15) is 13.2 Å². The van der Waals surface area contributed by atoms with Crippen LogP contribution in [0.1, 0.15) is 25.3 Å². The molecule has 0 saturated heterocycles. The highest BCUT2D eigenvalue weighted by atomic mass is 19.4. The highest BCUT2D eigenvalue weighted by Gasteiger charge is 2.27. The second kappa shape index (κ2) is 7.87. The van der Waals surface area contributed by atoms with Gasteiger partial charge in [-0.05, 0) is 37.5 Å². The van der Waals surface area contributed by atoms with E-state index in [4.69, 9.17) is 5.11 Å². The van der Waals surface area contributed by atoms with E-state index in [-0.39, 0.29) is 18.2 Å². The zero-order valence-electron chi connectivity index (χ0n) is 11.7. The highest BCUT2D eigenvalue weighted by Crippen LogP contribution is 2.22. The molecule has 7 heteroatoms. The first kappa shape index (κ1) is 17.3. The van der Waals surface area contributed by atoms with E-state index in [1.54, 1.807) is 0 Å². The molecule has 0 spiro atoms. The standard InChI is InChI=1S/C14H19F3N2O2/c1-10(3-2-8-20)18-13(21)19-12-6-4-11(5-7-12)9-14(15,16)17/h4-7,10,20H,2-3,8-9H2,1H3,(H2,18,19,21). The zero-order valence-corrected chi connectivity index (χ0v) is 11.7. The van der Waals surface area contributed by atoms with Gasteiger partial charge in [0.1, 0.15) is 0 Å². The summed E-state index contributed by atoms with van der Waals surface area (Å²) in [4.78, 5) is 11.6. The number of nitrogens with one attached hydrogen (secondary N) is 2. The van der Waals surface area contributed by atoms with Gasteiger partial charge in [0.25, 0.3) is 0 Å². The summed E-state index contributed by atoms with van der Waals surface area (Å²) in [5, 5.41) is 13.9. The average molecular weight is 304 g/mol. The summed E-state index contributed by atoms with van der Waals surface area (Å²) in [5.74, 6) is 0. The molecule has 0 aromatic heterocycles. The zero-order chi connectivity index (χ0) is 15.9. The molecule has 0 bridgehead atoms. The third kappa shape index (κ3) is 7.55. The van der Waals surface area contributed by atoms with Gasteiger partial charge in [-0.15, -0.1) is 0 Å². The molecule has 3 N–H and O–H groups in total. The maximum Gasteiger partial charge on any atom is 0.393 e. The van der Waals surface area contributed by atoms with Gasteiger partial charge in [0, 0.05) is 18.3 Å². The number of aliphatic hydroxyl groups is 1. The van der Waals surface area contributed by atoms with Crippen LogP contribution in [0.15, 0.2) is 24.3 Å². The topological polar surface area (TPSA) is 61.4 Å². The number of rotatable bonds is 6. The number of carbonyl (C=O) groups excluding carboxylic acids is 1. The van der Waals surface area contributed by atoms with Crippen molar-refractivity contribution in [1.29, 1.82) is 0 Å². The molecule has 0 saturated carbocycles. The molecule has 4 nitrogen and oxygen atoms in total. The lowest BCUT2D eigenvalue weighted by Crippen LogP contribution is -2.36. The molecule has 1 atom stereocenters. The molecule has 118 valence electrons. The van der Waals surface area contributed by atoms with Crippen molar-refractivity contribution in [2.24, 2.45) is 0 Å².